The molecule has 20 heavy (non-hydrogen) atoms. The molecule has 2 rings (SSSR count). The Bertz CT molecular complexity index is 491. The van der Waals surface area contributed by atoms with Crippen LogP contribution in [0.25, 0.3) is 0 Å². The van der Waals surface area contributed by atoms with E-state index in [0.29, 0.717) is 5.92 Å². The second-order valence-corrected chi connectivity index (χ2v) is 5.39. The molecule has 0 amide bonds. The Hall–Kier alpha value is -1.96. The second kappa shape index (κ2) is 7.59. The SMILES string of the molecule is CC(C)CCOc1ccc(NCc2ccccc2)cc1. The van der Waals surface area contributed by atoms with Crippen LogP contribution in [0.4, 0.5) is 5.69 Å². The van der Waals surface area contributed by atoms with Gasteiger partial charge in [-0.3, -0.25) is 0 Å². The predicted molar refractivity (Wildman–Crippen MR) is 85.2 cm³/mol. The van der Waals surface area contributed by atoms with Crippen LogP contribution in [-0.4, -0.2) is 6.61 Å². The minimum absolute atomic E-state index is 0.682. The lowest BCUT2D eigenvalue weighted by Gasteiger charge is -2.10. The standard InChI is InChI=1S/C18H23NO/c1-15(2)12-13-20-18-10-8-17(9-11-18)19-14-16-6-4-3-5-7-16/h3-11,15,19H,12-14H2,1-2H3. The van der Waals surface area contributed by atoms with E-state index in [0.717, 1.165) is 31.0 Å². The number of hydrogen-bond acceptors (Lipinski definition) is 2. The number of nitrogens with one attached hydrogen (secondary N) is 1. The molecule has 0 saturated carbocycles. The molecule has 0 aliphatic carbocycles. The van der Waals surface area contributed by atoms with Gasteiger partial charge in [0.15, 0.2) is 0 Å². The van der Waals surface area contributed by atoms with Crippen LogP contribution in [0.5, 0.6) is 5.75 Å². The van der Waals surface area contributed by atoms with Crippen molar-refractivity contribution in [2.45, 2.75) is 26.8 Å². The van der Waals surface area contributed by atoms with Gasteiger partial charge in [-0.05, 0) is 42.2 Å². The molecule has 0 aliphatic heterocycles. The third-order valence-electron chi connectivity index (χ3n) is 3.16. The monoisotopic (exact) mass is 269 g/mol. The molecule has 0 saturated heterocycles. The topological polar surface area (TPSA) is 21.3 Å². The Labute approximate surface area is 121 Å². The molecule has 0 heterocycles. The average molecular weight is 269 g/mol. The van der Waals surface area contributed by atoms with Gasteiger partial charge in [0.05, 0.1) is 6.61 Å². The molecule has 2 aromatic rings. The Morgan fingerprint density at radius 3 is 2.30 bits per heavy atom. The molecule has 0 atom stereocenters. The minimum Gasteiger partial charge on any atom is -0.494 e. The molecular weight excluding hydrogens is 246 g/mol. The highest BCUT2D eigenvalue weighted by molar-refractivity contribution is 5.46. The van der Waals surface area contributed by atoms with E-state index >= 15 is 0 Å². The molecule has 2 aromatic carbocycles. The van der Waals surface area contributed by atoms with Crippen molar-refractivity contribution >= 4 is 5.69 Å². The van der Waals surface area contributed by atoms with Crippen LogP contribution >= 0.6 is 0 Å². The average Bonchev–Trinajstić information content (AvgIpc) is 2.47. The van der Waals surface area contributed by atoms with Gasteiger partial charge in [0.2, 0.25) is 0 Å². The van der Waals surface area contributed by atoms with Crippen LogP contribution in [0, 0.1) is 5.92 Å². The summed E-state index contributed by atoms with van der Waals surface area (Å²) in [5.41, 5.74) is 2.40. The molecule has 0 radical (unpaired) electrons. The van der Waals surface area contributed by atoms with Crippen molar-refractivity contribution in [3.63, 3.8) is 0 Å². The van der Waals surface area contributed by atoms with Crippen molar-refractivity contribution in [3.05, 3.63) is 60.2 Å². The molecule has 0 fully saturated rings. The number of anilines is 1. The van der Waals surface area contributed by atoms with Crippen LogP contribution in [-0.2, 0) is 6.54 Å². The maximum Gasteiger partial charge on any atom is 0.119 e. The lowest BCUT2D eigenvalue weighted by atomic mass is 10.1. The lowest BCUT2D eigenvalue weighted by Crippen LogP contribution is -2.02. The first kappa shape index (κ1) is 14.4. The largest absolute Gasteiger partial charge is 0.494 e. The van der Waals surface area contributed by atoms with Gasteiger partial charge < -0.3 is 10.1 Å². The van der Waals surface area contributed by atoms with Crippen LogP contribution in [0.1, 0.15) is 25.8 Å². The van der Waals surface area contributed by atoms with Gasteiger partial charge in [0, 0.05) is 12.2 Å². The molecule has 0 spiro atoms. The Morgan fingerprint density at radius 1 is 0.950 bits per heavy atom. The third kappa shape index (κ3) is 4.96. The smallest absolute Gasteiger partial charge is 0.119 e. The Balaban J connectivity index is 1.79. The first-order chi connectivity index (χ1) is 9.74. The molecule has 106 valence electrons. The Morgan fingerprint density at radius 2 is 1.65 bits per heavy atom. The van der Waals surface area contributed by atoms with E-state index in [4.69, 9.17) is 4.74 Å². The van der Waals surface area contributed by atoms with Gasteiger partial charge in [-0.15, -0.1) is 0 Å². The maximum atomic E-state index is 5.71. The van der Waals surface area contributed by atoms with Crippen molar-refractivity contribution in [1.29, 1.82) is 0 Å². The highest BCUT2D eigenvalue weighted by Crippen LogP contribution is 2.17. The number of hydrogen-bond donors (Lipinski definition) is 1. The van der Waals surface area contributed by atoms with Crippen LogP contribution in [0.15, 0.2) is 54.6 Å². The van der Waals surface area contributed by atoms with Crippen LogP contribution < -0.4 is 10.1 Å². The van der Waals surface area contributed by atoms with Gasteiger partial charge in [-0.25, -0.2) is 0 Å². The molecule has 1 N–H and O–H groups in total. The Kier molecular flexibility index (Phi) is 5.48. The van der Waals surface area contributed by atoms with E-state index in [1.54, 1.807) is 0 Å². The number of benzene rings is 2. The molecule has 2 nitrogen and oxygen atoms in total. The van der Waals surface area contributed by atoms with E-state index in [1.165, 1.54) is 5.56 Å². The van der Waals surface area contributed by atoms with Crippen molar-refractivity contribution in [1.82, 2.24) is 0 Å². The van der Waals surface area contributed by atoms with E-state index in [9.17, 15) is 0 Å². The van der Waals surface area contributed by atoms with E-state index < -0.39 is 0 Å². The van der Waals surface area contributed by atoms with Gasteiger partial charge in [-0.2, -0.15) is 0 Å². The molecule has 0 bridgehead atoms. The van der Waals surface area contributed by atoms with E-state index in [1.807, 2.05) is 18.2 Å². The fraction of sp³-hybridized carbons (Fsp3) is 0.333. The zero-order chi connectivity index (χ0) is 14.2. The number of ether oxygens (including phenoxy) is 1. The highest BCUT2D eigenvalue weighted by atomic mass is 16.5. The molecule has 0 aromatic heterocycles. The van der Waals surface area contributed by atoms with E-state index in [2.05, 4.69) is 55.6 Å². The summed E-state index contributed by atoms with van der Waals surface area (Å²) < 4.78 is 5.71. The molecule has 2 heteroatoms. The maximum absolute atomic E-state index is 5.71. The van der Waals surface area contributed by atoms with Crippen LogP contribution in [0.2, 0.25) is 0 Å². The van der Waals surface area contributed by atoms with Crippen LogP contribution in [0.3, 0.4) is 0 Å². The summed E-state index contributed by atoms with van der Waals surface area (Å²) in [6.45, 7) is 6.04. The first-order valence-corrected chi connectivity index (χ1v) is 7.24. The van der Waals surface area contributed by atoms with Gasteiger partial charge >= 0.3 is 0 Å². The summed E-state index contributed by atoms with van der Waals surface area (Å²) in [5.74, 6) is 1.62. The van der Waals surface area contributed by atoms with E-state index in [-0.39, 0.29) is 0 Å². The molecule has 0 unspecified atom stereocenters. The zero-order valence-corrected chi connectivity index (χ0v) is 12.3. The summed E-state index contributed by atoms with van der Waals surface area (Å²) in [7, 11) is 0. The van der Waals surface area contributed by atoms with Crippen molar-refractivity contribution in [2.24, 2.45) is 5.92 Å². The summed E-state index contributed by atoms with van der Waals surface area (Å²) >= 11 is 0. The highest BCUT2D eigenvalue weighted by Gasteiger charge is 1.98. The first-order valence-electron chi connectivity index (χ1n) is 7.24. The van der Waals surface area contributed by atoms with Gasteiger partial charge in [0.25, 0.3) is 0 Å². The molecular formula is C18H23NO. The van der Waals surface area contributed by atoms with Gasteiger partial charge in [0.1, 0.15) is 5.75 Å². The third-order valence-corrected chi connectivity index (χ3v) is 3.16. The summed E-state index contributed by atoms with van der Waals surface area (Å²) in [5, 5.41) is 3.41. The minimum atomic E-state index is 0.682. The normalized spacial score (nSPS) is 10.6. The zero-order valence-electron chi connectivity index (χ0n) is 12.3. The predicted octanol–water partition coefficient (Wildman–Crippen LogP) is 4.72. The van der Waals surface area contributed by atoms with Gasteiger partial charge in [-0.1, -0.05) is 44.2 Å². The van der Waals surface area contributed by atoms with Crippen molar-refractivity contribution in [3.8, 4) is 5.75 Å². The quantitative estimate of drug-likeness (QED) is 0.785. The number of rotatable bonds is 7. The summed E-state index contributed by atoms with van der Waals surface area (Å²) in [4.78, 5) is 0. The fourth-order valence-electron chi connectivity index (χ4n) is 1.88. The summed E-state index contributed by atoms with van der Waals surface area (Å²) in [6.07, 6.45) is 1.09. The fourth-order valence-corrected chi connectivity index (χ4v) is 1.88. The van der Waals surface area contributed by atoms with Crippen molar-refractivity contribution < 1.29 is 4.74 Å². The second-order valence-electron chi connectivity index (χ2n) is 5.39. The molecule has 0 aliphatic rings. The summed E-state index contributed by atoms with van der Waals surface area (Å²) in [6, 6.07) is 18.6. The van der Waals surface area contributed by atoms with Crippen molar-refractivity contribution in [2.75, 3.05) is 11.9 Å². The lowest BCUT2D eigenvalue weighted by molar-refractivity contribution is 0.289.